The molecule has 2 aromatic rings. The van der Waals surface area contributed by atoms with Gasteiger partial charge >= 0.3 is 6.61 Å². The summed E-state index contributed by atoms with van der Waals surface area (Å²) in [4.78, 5) is 0.988. The Kier molecular flexibility index (Phi) is 5.55. The molecule has 0 saturated carbocycles. The van der Waals surface area contributed by atoms with Crippen LogP contribution in [0.4, 0.5) is 8.78 Å². The summed E-state index contributed by atoms with van der Waals surface area (Å²) in [5, 5.41) is 10.2. The number of hydrogen-bond donors (Lipinski definition) is 1. The number of ether oxygens (including phenoxy) is 2. The summed E-state index contributed by atoms with van der Waals surface area (Å²) in [6, 6.07) is 8.30. The number of halogens is 3. The number of aliphatic hydroxyl groups excluding tert-OH is 1. The Balaban J connectivity index is 2.18. The van der Waals surface area contributed by atoms with Crippen LogP contribution in [0.1, 0.15) is 16.5 Å². The first-order valence-electron chi connectivity index (χ1n) is 6.04. The van der Waals surface area contributed by atoms with Gasteiger partial charge in [-0.15, -0.1) is 11.3 Å². The smallest absolute Gasteiger partial charge is 0.387 e. The predicted molar refractivity (Wildman–Crippen MR) is 80.3 cm³/mol. The van der Waals surface area contributed by atoms with E-state index >= 15 is 0 Å². The minimum Gasteiger partial charge on any atom is -0.493 e. The van der Waals surface area contributed by atoms with E-state index in [2.05, 4.69) is 20.7 Å². The van der Waals surface area contributed by atoms with Gasteiger partial charge in [0.25, 0.3) is 0 Å². The van der Waals surface area contributed by atoms with Gasteiger partial charge in [0.1, 0.15) is 0 Å². The molecule has 0 radical (unpaired) electrons. The van der Waals surface area contributed by atoms with E-state index in [1.165, 1.54) is 30.6 Å². The van der Waals surface area contributed by atoms with Crippen molar-refractivity contribution < 1.29 is 23.4 Å². The van der Waals surface area contributed by atoms with Gasteiger partial charge in [0, 0.05) is 11.3 Å². The number of alkyl halides is 2. The third kappa shape index (κ3) is 4.39. The van der Waals surface area contributed by atoms with Gasteiger partial charge in [-0.1, -0.05) is 6.07 Å². The minimum atomic E-state index is -2.94. The zero-order chi connectivity index (χ0) is 15.4. The Bertz CT molecular complexity index is 604. The standard InChI is InChI=1S/C14H13BrF2O3S/c1-19-11-4-2-8(6-12(11)20-14(16)17)10(18)7-9-3-5-13(15)21-9/h2-6,10,14,18H,7H2,1H3. The summed E-state index contributed by atoms with van der Waals surface area (Å²) >= 11 is 4.87. The van der Waals surface area contributed by atoms with E-state index in [9.17, 15) is 13.9 Å². The fraction of sp³-hybridized carbons (Fsp3) is 0.286. The molecule has 3 nitrogen and oxygen atoms in total. The Morgan fingerprint density at radius 3 is 2.57 bits per heavy atom. The highest BCUT2D eigenvalue weighted by Gasteiger charge is 2.16. The maximum atomic E-state index is 12.4. The lowest BCUT2D eigenvalue weighted by atomic mass is 10.1. The molecule has 0 amide bonds. The van der Waals surface area contributed by atoms with Gasteiger partial charge in [-0.05, 0) is 45.8 Å². The molecule has 0 aliphatic heterocycles. The molecule has 0 saturated heterocycles. The molecule has 0 fully saturated rings. The van der Waals surface area contributed by atoms with Crippen LogP contribution < -0.4 is 9.47 Å². The van der Waals surface area contributed by atoms with Gasteiger partial charge < -0.3 is 14.6 Å². The molecule has 7 heteroatoms. The van der Waals surface area contributed by atoms with Crippen LogP contribution in [0.15, 0.2) is 34.1 Å². The van der Waals surface area contributed by atoms with Crippen LogP contribution in [0.5, 0.6) is 11.5 Å². The van der Waals surface area contributed by atoms with E-state index in [4.69, 9.17) is 4.74 Å². The van der Waals surface area contributed by atoms with Crippen LogP contribution in [-0.2, 0) is 6.42 Å². The maximum Gasteiger partial charge on any atom is 0.387 e. The topological polar surface area (TPSA) is 38.7 Å². The van der Waals surface area contributed by atoms with Gasteiger partial charge in [-0.3, -0.25) is 0 Å². The second-order valence-electron chi connectivity index (χ2n) is 4.21. The van der Waals surface area contributed by atoms with Crippen LogP contribution >= 0.6 is 27.3 Å². The van der Waals surface area contributed by atoms with Crippen molar-refractivity contribution >= 4 is 27.3 Å². The summed E-state index contributed by atoms with van der Waals surface area (Å²) in [7, 11) is 1.37. The molecule has 0 aliphatic carbocycles. The van der Waals surface area contributed by atoms with Crippen molar-refractivity contribution in [1.82, 2.24) is 0 Å². The first kappa shape index (κ1) is 16.2. The van der Waals surface area contributed by atoms with Gasteiger partial charge in [0.05, 0.1) is 17.0 Å². The van der Waals surface area contributed by atoms with Crippen LogP contribution in [0.3, 0.4) is 0 Å². The maximum absolute atomic E-state index is 12.4. The van der Waals surface area contributed by atoms with Crippen LogP contribution in [-0.4, -0.2) is 18.8 Å². The van der Waals surface area contributed by atoms with Crippen molar-refractivity contribution in [2.45, 2.75) is 19.1 Å². The van der Waals surface area contributed by atoms with Crippen LogP contribution in [0.2, 0.25) is 0 Å². The minimum absolute atomic E-state index is 0.0867. The first-order valence-corrected chi connectivity index (χ1v) is 7.65. The van der Waals surface area contributed by atoms with E-state index < -0.39 is 12.7 Å². The molecule has 1 heterocycles. The Labute approximate surface area is 133 Å². The molecule has 0 spiro atoms. The Hall–Kier alpha value is -1.18. The second kappa shape index (κ2) is 7.20. The number of rotatable bonds is 6. The van der Waals surface area contributed by atoms with Gasteiger partial charge in [0.2, 0.25) is 0 Å². The molecule has 0 aliphatic rings. The highest BCUT2D eigenvalue weighted by molar-refractivity contribution is 9.11. The van der Waals surface area contributed by atoms with Crippen molar-refractivity contribution in [2.75, 3.05) is 7.11 Å². The largest absolute Gasteiger partial charge is 0.493 e. The van der Waals surface area contributed by atoms with Crippen molar-refractivity contribution in [3.8, 4) is 11.5 Å². The molecule has 21 heavy (non-hydrogen) atoms. The van der Waals surface area contributed by atoms with E-state index in [-0.39, 0.29) is 11.5 Å². The lowest BCUT2D eigenvalue weighted by molar-refractivity contribution is -0.0513. The zero-order valence-electron chi connectivity index (χ0n) is 11.1. The predicted octanol–water partition coefficient (Wildman–Crippen LogP) is 4.40. The van der Waals surface area contributed by atoms with E-state index in [1.54, 1.807) is 6.07 Å². The first-order chi connectivity index (χ1) is 9.99. The van der Waals surface area contributed by atoms with Crippen LogP contribution in [0.25, 0.3) is 0 Å². The SMILES string of the molecule is COc1ccc(C(O)Cc2ccc(Br)s2)cc1OC(F)F. The second-order valence-corrected chi connectivity index (χ2v) is 6.76. The summed E-state index contributed by atoms with van der Waals surface area (Å²) in [5.41, 5.74) is 0.496. The highest BCUT2D eigenvalue weighted by atomic mass is 79.9. The molecular formula is C14H13BrF2O3S. The van der Waals surface area contributed by atoms with Gasteiger partial charge in [0.15, 0.2) is 11.5 Å². The molecule has 1 unspecified atom stereocenters. The van der Waals surface area contributed by atoms with Gasteiger partial charge in [-0.2, -0.15) is 8.78 Å². The third-order valence-electron chi connectivity index (χ3n) is 2.81. The average molecular weight is 379 g/mol. The fourth-order valence-corrected chi connectivity index (χ4v) is 3.38. The summed E-state index contributed by atoms with van der Waals surface area (Å²) in [5.74, 6) is 0.113. The fourth-order valence-electron chi connectivity index (χ4n) is 1.86. The molecule has 0 bridgehead atoms. The molecule has 1 atom stereocenters. The van der Waals surface area contributed by atoms with Crippen molar-refractivity contribution in [3.63, 3.8) is 0 Å². The van der Waals surface area contributed by atoms with Crippen molar-refractivity contribution in [2.24, 2.45) is 0 Å². The third-order valence-corrected chi connectivity index (χ3v) is 4.46. The highest BCUT2D eigenvalue weighted by Crippen LogP contribution is 2.33. The van der Waals surface area contributed by atoms with Gasteiger partial charge in [-0.25, -0.2) is 0 Å². The zero-order valence-corrected chi connectivity index (χ0v) is 13.5. The van der Waals surface area contributed by atoms with Crippen LogP contribution in [0, 0.1) is 0 Å². The van der Waals surface area contributed by atoms with E-state index in [0.29, 0.717) is 12.0 Å². The monoisotopic (exact) mass is 378 g/mol. The van der Waals surface area contributed by atoms with E-state index in [1.807, 2.05) is 12.1 Å². The number of hydrogen-bond acceptors (Lipinski definition) is 4. The lowest BCUT2D eigenvalue weighted by Gasteiger charge is -2.14. The average Bonchev–Trinajstić information content (AvgIpc) is 2.83. The Morgan fingerprint density at radius 2 is 2.00 bits per heavy atom. The molecule has 114 valence electrons. The van der Waals surface area contributed by atoms with Crippen molar-refractivity contribution in [3.05, 3.63) is 44.6 Å². The Morgan fingerprint density at radius 1 is 1.24 bits per heavy atom. The summed E-state index contributed by atoms with van der Waals surface area (Å²) in [6.07, 6.45) is -0.405. The normalized spacial score (nSPS) is 12.5. The number of aliphatic hydroxyl groups is 1. The lowest BCUT2D eigenvalue weighted by Crippen LogP contribution is -2.06. The summed E-state index contributed by atoms with van der Waals surface area (Å²) in [6.45, 7) is -2.94. The quantitative estimate of drug-likeness (QED) is 0.809. The van der Waals surface area contributed by atoms with E-state index in [0.717, 1.165) is 8.66 Å². The molecule has 1 N–H and O–H groups in total. The molecule has 1 aromatic heterocycles. The number of methoxy groups -OCH3 is 1. The molecule has 2 rings (SSSR count). The molecular weight excluding hydrogens is 366 g/mol. The number of thiophene rings is 1. The van der Waals surface area contributed by atoms with Crippen molar-refractivity contribution in [1.29, 1.82) is 0 Å². The molecule has 1 aromatic carbocycles. The number of benzene rings is 1. The summed E-state index contributed by atoms with van der Waals surface area (Å²) < 4.78 is 35.1.